The summed E-state index contributed by atoms with van der Waals surface area (Å²) in [6.07, 6.45) is 1.75. The molecule has 56 valence electrons. The van der Waals surface area contributed by atoms with E-state index in [1.54, 1.807) is 0 Å². The Morgan fingerprint density at radius 1 is 1.60 bits per heavy atom. The van der Waals surface area contributed by atoms with Crippen LogP contribution in [0.3, 0.4) is 0 Å². The Kier molecular flexibility index (Phi) is 2.04. The quantitative estimate of drug-likeness (QED) is 0.407. The summed E-state index contributed by atoms with van der Waals surface area (Å²) < 4.78 is 0. The van der Waals surface area contributed by atoms with Gasteiger partial charge in [-0.25, -0.2) is 0 Å². The van der Waals surface area contributed by atoms with Crippen LogP contribution in [-0.4, -0.2) is 16.7 Å². The maximum absolute atomic E-state index is 10.9. The molecule has 1 N–H and O–H groups in total. The number of nitrogens with zero attached hydrogens (tertiary/aromatic N) is 1. The van der Waals surface area contributed by atoms with Gasteiger partial charge in [-0.3, -0.25) is 4.79 Å². The molecular formula is C7H11NO2. The lowest BCUT2D eigenvalue weighted by Crippen LogP contribution is -2.20. The molecule has 0 saturated heterocycles. The summed E-state index contributed by atoms with van der Waals surface area (Å²) in [6.45, 7) is 1.99. The molecule has 0 aliphatic heterocycles. The highest BCUT2D eigenvalue weighted by molar-refractivity contribution is 6.03. The largest absolute Gasteiger partial charge is 0.411 e. The van der Waals surface area contributed by atoms with E-state index >= 15 is 0 Å². The Morgan fingerprint density at radius 2 is 2.30 bits per heavy atom. The monoisotopic (exact) mass is 141 g/mol. The zero-order chi connectivity index (χ0) is 7.56. The van der Waals surface area contributed by atoms with Crippen molar-refractivity contribution in [3.05, 3.63) is 0 Å². The number of hydrogen-bond donors (Lipinski definition) is 1. The van der Waals surface area contributed by atoms with Crippen LogP contribution in [0, 0.1) is 5.92 Å². The lowest BCUT2D eigenvalue weighted by Gasteiger charge is -2.16. The molecule has 0 amide bonds. The molecule has 3 heteroatoms. The van der Waals surface area contributed by atoms with E-state index in [2.05, 4.69) is 5.16 Å². The first kappa shape index (κ1) is 7.25. The average Bonchev–Trinajstić information content (AvgIpc) is 1.85. The van der Waals surface area contributed by atoms with E-state index in [1.165, 1.54) is 0 Å². The second-order valence-corrected chi connectivity index (χ2v) is 2.90. The molecule has 0 heterocycles. The SMILES string of the molecule is CC1CC(=O)CC(=NO)C1. The van der Waals surface area contributed by atoms with E-state index in [4.69, 9.17) is 5.21 Å². The molecule has 0 aromatic carbocycles. The first-order valence-corrected chi connectivity index (χ1v) is 3.44. The molecule has 10 heavy (non-hydrogen) atoms. The number of Topliss-reactive ketones (excluding diaryl/α,β-unsaturated/α-hetero) is 1. The standard InChI is InChI=1S/C7H11NO2/c1-5-2-6(8-10)4-7(9)3-5/h5,10H,2-4H2,1H3. The third kappa shape index (κ3) is 1.56. The third-order valence-electron chi connectivity index (χ3n) is 1.70. The molecule has 0 aromatic heterocycles. The highest BCUT2D eigenvalue weighted by atomic mass is 16.4. The van der Waals surface area contributed by atoms with E-state index in [1.807, 2.05) is 6.92 Å². The summed E-state index contributed by atoms with van der Waals surface area (Å²) in [5.74, 6) is 0.540. The van der Waals surface area contributed by atoms with Gasteiger partial charge in [0.05, 0.1) is 5.71 Å². The summed E-state index contributed by atoms with van der Waals surface area (Å²) in [4.78, 5) is 10.9. The fourth-order valence-electron chi connectivity index (χ4n) is 1.31. The zero-order valence-corrected chi connectivity index (χ0v) is 6.00. The maximum Gasteiger partial charge on any atom is 0.138 e. The average molecular weight is 141 g/mol. The highest BCUT2D eigenvalue weighted by Crippen LogP contribution is 2.18. The first-order chi connectivity index (χ1) is 4.72. The number of hydrogen-bond acceptors (Lipinski definition) is 3. The van der Waals surface area contributed by atoms with Crippen molar-refractivity contribution in [1.29, 1.82) is 0 Å². The third-order valence-corrected chi connectivity index (χ3v) is 1.70. The zero-order valence-electron chi connectivity index (χ0n) is 6.00. The Balaban J connectivity index is 2.59. The molecule has 1 atom stereocenters. The highest BCUT2D eigenvalue weighted by Gasteiger charge is 2.20. The fraction of sp³-hybridized carbons (Fsp3) is 0.714. The van der Waals surface area contributed by atoms with Crippen LogP contribution in [0.2, 0.25) is 0 Å². The Labute approximate surface area is 59.7 Å². The molecular weight excluding hydrogens is 130 g/mol. The second kappa shape index (κ2) is 2.82. The minimum Gasteiger partial charge on any atom is -0.411 e. The molecule has 1 unspecified atom stereocenters. The number of oxime groups is 1. The van der Waals surface area contributed by atoms with Gasteiger partial charge in [-0.15, -0.1) is 0 Å². The molecule has 1 aliphatic rings. The van der Waals surface area contributed by atoms with Gasteiger partial charge in [0.1, 0.15) is 5.78 Å². The molecule has 0 aromatic rings. The van der Waals surface area contributed by atoms with Gasteiger partial charge in [0, 0.05) is 12.8 Å². The van der Waals surface area contributed by atoms with Crippen LogP contribution >= 0.6 is 0 Å². The van der Waals surface area contributed by atoms with Crippen LogP contribution in [-0.2, 0) is 4.79 Å². The van der Waals surface area contributed by atoms with Crippen LogP contribution < -0.4 is 0 Å². The Hall–Kier alpha value is -0.860. The topological polar surface area (TPSA) is 49.7 Å². The normalized spacial score (nSPS) is 31.1. The smallest absolute Gasteiger partial charge is 0.138 e. The lowest BCUT2D eigenvalue weighted by molar-refractivity contribution is -0.119. The fourth-order valence-corrected chi connectivity index (χ4v) is 1.31. The van der Waals surface area contributed by atoms with Crippen LogP contribution in [0.5, 0.6) is 0 Å². The molecule has 0 bridgehead atoms. The molecule has 1 aliphatic carbocycles. The maximum atomic E-state index is 10.9. The van der Waals surface area contributed by atoms with Gasteiger partial charge in [0.25, 0.3) is 0 Å². The predicted octanol–water partition coefficient (Wildman–Crippen LogP) is 1.21. The van der Waals surface area contributed by atoms with Crippen LogP contribution in [0.1, 0.15) is 26.2 Å². The Bertz CT molecular complexity index is 174. The van der Waals surface area contributed by atoms with E-state index in [0.717, 1.165) is 6.42 Å². The molecule has 1 rings (SSSR count). The van der Waals surface area contributed by atoms with Crippen LogP contribution in [0.25, 0.3) is 0 Å². The van der Waals surface area contributed by atoms with E-state index < -0.39 is 0 Å². The van der Waals surface area contributed by atoms with Gasteiger partial charge in [0.15, 0.2) is 0 Å². The van der Waals surface area contributed by atoms with Gasteiger partial charge in [-0.1, -0.05) is 12.1 Å². The molecule has 3 nitrogen and oxygen atoms in total. The van der Waals surface area contributed by atoms with Crippen molar-refractivity contribution < 1.29 is 10.0 Å². The summed E-state index contributed by atoms with van der Waals surface area (Å²) in [6, 6.07) is 0. The first-order valence-electron chi connectivity index (χ1n) is 3.44. The number of carbonyl (C=O) groups excluding carboxylic acids is 1. The second-order valence-electron chi connectivity index (χ2n) is 2.90. The molecule has 0 spiro atoms. The molecule has 1 fully saturated rings. The summed E-state index contributed by atoms with van der Waals surface area (Å²) in [5.41, 5.74) is 0.628. The van der Waals surface area contributed by atoms with Crippen LogP contribution in [0.4, 0.5) is 0 Å². The van der Waals surface area contributed by atoms with Gasteiger partial charge in [-0.05, 0) is 12.3 Å². The summed E-state index contributed by atoms with van der Waals surface area (Å²) in [5, 5.41) is 11.4. The number of ketones is 1. The minimum absolute atomic E-state index is 0.187. The van der Waals surface area contributed by atoms with Crippen molar-refractivity contribution in [3.8, 4) is 0 Å². The lowest BCUT2D eigenvalue weighted by atomic mass is 9.88. The van der Waals surface area contributed by atoms with Crippen molar-refractivity contribution >= 4 is 11.5 Å². The van der Waals surface area contributed by atoms with Crippen molar-refractivity contribution in [2.24, 2.45) is 11.1 Å². The van der Waals surface area contributed by atoms with Crippen molar-refractivity contribution in [3.63, 3.8) is 0 Å². The van der Waals surface area contributed by atoms with E-state index in [0.29, 0.717) is 24.5 Å². The van der Waals surface area contributed by atoms with E-state index in [9.17, 15) is 4.79 Å². The predicted molar refractivity (Wildman–Crippen MR) is 37.2 cm³/mol. The van der Waals surface area contributed by atoms with Gasteiger partial charge < -0.3 is 5.21 Å². The number of rotatable bonds is 0. The van der Waals surface area contributed by atoms with Crippen LogP contribution in [0.15, 0.2) is 5.16 Å². The minimum atomic E-state index is 0.187. The van der Waals surface area contributed by atoms with Gasteiger partial charge in [0.2, 0.25) is 0 Å². The molecule has 1 saturated carbocycles. The van der Waals surface area contributed by atoms with E-state index in [-0.39, 0.29) is 5.78 Å². The summed E-state index contributed by atoms with van der Waals surface area (Å²) in [7, 11) is 0. The van der Waals surface area contributed by atoms with Crippen molar-refractivity contribution in [1.82, 2.24) is 0 Å². The van der Waals surface area contributed by atoms with Gasteiger partial charge in [-0.2, -0.15) is 0 Å². The Morgan fingerprint density at radius 3 is 2.80 bits per heavy atom. The summed E-state index contributed by atoms with van der Waals surface area (Å²) >= 11 is 0. The van der Waals surface area contributed by atoms with Crippen molar-refractivity contribution in [2.45, 2.75) is 26.2 Å². The van der Waals surface area contributed by atoms with Gasteiger partial charge >= 0.3 is 0 Å². The molecule has 0 radical (unpaired) electrons. The number of carbonyl (C=O) groups is 1. The van der Waals surface area contributed by atoms with Crippen molar-refractivity contribution in [2.75, 3.05) is 0 Å².